The van der Waals surface area contributed by atoms with Crippen molar-refractivity contribution in [2.45, 2.75) is 24.6 Å². The van der Waals surface area contributed by atoms with Crippen molar-refractivity contribution in [2.75, 3.05) is 6.61 Å². The molecular weight excluding hydrogens is 276 g/mol. The van der Waals surface area contributed by atoms with Gasteiger partial charge in [0.2, 0.25) is 0 Å². The molecule has 1 aliphatic heterocycles. The van der Waals surface area contributed by atoms with E-state index in [9.17, 15) is 18.7 Å². The number of hydrogen-bond donors (Lipinski definition) is 3. The maximum atomic E-state index is 14.0. The van der Waals surface area contributed by atoms with Crippen molar-refractivity contribution >= 4 is 11.0 Å². The standard InChI is InChI=1S/C11H11F2N3O4/c12-4-1-16(9-6(4)10(19)15-3-14-9)11-7(13)8(18)5(2-17)20-11/h1,3,5,7-8,11,17-18H,2H2,(H,14,15,19)/t5-,7-,8-,11-/m1/s1. The van der Waals surface area contributed by atoms with Crippen LogP contribution >= 0.6 is 0 Å². The van der Waals surface area contributed by atoms with Crippen LogP contribution in [0.1, 0.15) is 6.23 Å². The molecule has 108 valence electrons. The zero-order valence-electron chi connectivity index (χ0n) is 10.0. The first-order valence-corrected chi connectivity index (χ1v) is 5.86. The summed E-state index contributed by atoms with van der Waals surface area (Å²) < 4.78 is 33.9. The number of nitrogens with zero attached hydrogens (tertiary/aromatic N) is 2. The summed E-state index contributed by atoms with van der Waals surface area (Å²) in [6.45, 7) is -0.576. The van der Waals surface area contributed by atoms with Gasteiger partial charge in [-0.2, -0.15) is 0 Å². The van der Waals surface area contributed by atoms with E-state index in [1.165, 1.54) is 0 Å². The number of halogens is 2. The van der Waals surface area contributed by atoms with Gasteiger partial charge in [-0.1, -0.05) is 0 Å². The van der Waals surface area contributed by atoms with Crippen LogP contribution in [0.25, 0.3) is 11.0 Å². The maximum Gasteiger partial charge on any atom is 0.263 e. The lowest BCUT2D eigenvalue weighted by atomic mass is 10.1. The summed E-state index contributed by atoms with van der Waals surface area (Å²) in [4.78, 5) is 17.5. The van der Waals surface area contributed by atoms with Crippen LogP contribution in [-0.2, 0) is 4.74 Å². The first kappa shape index (κ1) is 13.2. The van der Waals surface area contributed by atoms with E-state index in [1.807, 2.05) is 0 Å². The van der Waals surface area contributed by atoms with E-state index in [1.54, 1.807) is 0 Å². The first-order valence-electron chi connectivity index (χ1n) is 5.86. The van der Waals surface area contributed by atoms with Gasteiger partial charge in [-0.3, -0.25) is 9.36 Å². The molecule has 1 fully saturated rings. The number of hydrogen-bond acceptors (Lipinski definition) is 5. The second-order valence-electron chi connectivity index (χ2n) is 4.50. The Morgan fingerprint density at radius 1 is 1.55 bits per heavy atom. The van der Waals surface area contributed by atoms with Gasteiger partial charge >= 0.3 is 0 Å². The summed E-state index contributed by atoms with van der Waals surface area (Å²) in [7, 11) is 0. The zero-order valence-corrected chi connectivity index (χ0v) is 10.0. The van der Waals surface area contributed by atoms with E-state index in [0.717, 1.165) is 17.1 Å². The van der Waals surface area contributed by atoms with Crippen molar-refractivity contribution in [1.29, 1.82) is 0 Å². The number of ether oxygens (including phenoxy) is 1. The number of aliphatic hydroxyl groups is 2. The third kappa shape index (κ3) is 1.74. The Morgan fingerprint density at radius 2 is 2.30 bits per heavy atom. The average molecular weight is 287 g/mol. The molecule has 0 spiro atoms. The second-order valence-corrected chi connectivity index (χ2v) is 4.50. The van der Waals surface area contributed by atoms with Gasteiger partial charge < -0.3 is 19.9 Å². The van der Waals surface area contributed by atoms with E-state index in [-0.39, 0.29) is 11.0 Å². The normalized spacial score (nSPS) is 30.2. The van der Waals surface area contributed by atoms with E-state index >= 15 is 0 Å². The Morgan fingerprint density at radius 3 is 2.95 bits per heavy atom. The lowest BCUT2D eigenvalue weighted by molar-refractivity contribution is -0.0459. The Hall–Kier alpha value is -1.84. The molecule has 3 rings (SSSR count). The number of aromatic amines is 1. The predicted molar refractivity (Wildman–Crippen MR) is 62.2 cm³/mol. The minimum Gasteiger partial charge on any atom is -0.394 e. The van der Waals surface area contributed by atoms with Crippen molar-refractivity contribution in [3.63, 3.8) is 0 Å². The number of aromatic nitrogens is 3. The van der Waals surface area contributed by atoms with Crippen molar-refractivity contribution in [3.8, 4) is 0 Å². The highest BCUT2D eigenvalue weighted by atomic mass is 19.1. The third-order valence-corrected chi connectivity index (χ3v) is 3.32. The second kappa shape index (κ2) is 4.62. The van der Waals surface area contributed by atoms with Gasteiger partial charge in [-0.05, 0) is 0 Å². The summed E-state index contributed by atoms with van der Waals surface area (Å²) in [5, 5.41) is 18.2. The fourth-order valence-corrected chi connectivity index (χ4v) is 2.32. The van der Waals surface area contributed by atoms with Gasteiger partial charge in [0.25, 0.3) is 5.56 Å². The molecule has 0 amide bonds. The maximum absolute atomic E-state index is 14.0. The van der Waals surface area contributed by atoms with Crippen LogP contribution in [-0.4, -0.2) is 49.7 Å². The van der Waals surface area contributed by atoms with Gasteiger partial charge in [0.1, 0.15) is 17.6 Å². The van der Waals surface area contributed by atoms with E-state index in [0.29, 0.717) is 0 Å². The smallest absolute Gasteiger partial charge is 0.263 e. The molecule has 3 N–H and O–H groups in total. The summed E-state index contributed by atoms with van der Waals surface area (Å²) in [5.41, 5.74) is -0.788. The molecule has 1 saturated heterocycles. The monoisotopic (exact) mass is 287 g/mol. The van der Waals surface area contributed by atoms with E-state index < -0.39 is 42.6 Å². The summed E-state index contributed by atoms with van der Waals surface area (Å²) in [6.07, 6.45) is -3.93. The number of fused-ring (bicyclic) bond motifs is 1. The van der Waals surface area contributed by atoms with Crippen molar-refractivity contribution in [3.05, 3.63) is 28.7 Å². The lowest BCUT2D eigenvalue weighted by Gasteiger charge is -2.15. The number of nitrogens with one attached hydrogen (secondary N) is 1. The molecule has 0 bridgehead atoms. The Labute approximate surface area is 110 Å². The first-order chi connectivity index (χ1) is 9.54. The molecule has 0 unspecified atom stereocenters. The molecule has 7 nitrogen and oxygen atoms in total. The van der Waals surface area contributed by atoms with Crippen LogP contribution in [0.4, 0.5) is 8.78 Å². The molecule has 4 atom stereocenters. The highest BCUT2D eigenvalue weighted by molar-refractivity contribution is 5.75. The van der Waals surface area contributed by atoms with Gasteiger partial charge in [0.15, 0.2) is 23.9 Å². The third-order valence-electron chi connectivity index (χ3n) is 3.32. The molecule has 2 aromatic heterocycles. The molecule has 0 aromatic carbocycles. The summed E-state index contributed by atoms with van der Waals surface area (Å²) in [5.74, 6) is -0.868. The van der Waals surface area contributed by atoms with Gasteiger partial charge in [0, 0.05) is 6.20 Å². The van der Waals surface area contributed by atoms with E-state index in [2.05, 4.69) is 9.97 Å². The SMILES string of the molecule is O=c1[nH]cnc2c1c(F)cn2[C@@H]1O[C@H](CO)[C@@H](O)[C@H]1F. The molecule has 2 aromatic rings. The fraction of sp³-hybridized carbons (Fsp3) is 0.455. The summed E-state index contributed by atoms with van der Waals surface area (Å²) in [6, 6.07) is 0. The zero-order chi connectivity index (χ0) is 14.4. The number of H-pyrrole nitrogens is 1. The molecule has 0 radical (unpaired) electrons. The van der Waals surface area contributed by atoms with Gasteiger partial charge in [-0.15, -0.1) is 0 Å². The molecule has 9 heteroatoms. The van der Waals surface area contributed by atoms with Crippen LogP contribution in [0, 0.1) is 5.82 Å². The van der Waals surface area contributed by atoms with Crippen LogP contribution in [0.5, 0.6) is 0 Å². The topological polar surface area (TPSA) is 100 Å². The van der Waals surface area contributed by atoms with Gasteiger partial charge in [0.05, 0.1) is 12.9 Å². The van der Waals surface area contributed by atoms with Crippen LogP contribution in [0.15, 0.2) is 17.3 Å². The molecule has 0 aliphatic carbocycles. The quantitative estimate of drug-likeness (QED) is 0.688. The van der Waals surface area contributed by atoms with Crippen LogP contribution in [0.2, 0.25) is 0 Å². The molecular formula is C11H11F2N3O4. The predicted octanol–water partition coefficient (Wildman–Crippen LogP) is -0.548. The van der Waals surface area contributed by atoms with Crippen LogP contribution in [0.3, 0.4) is 0 Å². The Bertz CT molecular complexity index is 701. The molecule has 0 saturated carbocycles. The Balaban J connectivity index is 2.12. The number of alkyl halides is 1. The minimum atomic E-state index is -1.87. The minimum absolute atomic E-state index is 0.0929. The van der Waals surface area contributed by atoms with E-state index in [4.69, 9.17) is 9.84 Å². The number of aliphatic hydroxyl groups excluding tert-OH is 2. The van der Waals surface area contributed by atoms with Gasteiger partial charge in [-0.25, -0.2) is 13.8 Å². The average Bonchev–Trinajstić information content (AvgIpc) is 2.90. The lowest BCUT2D eigenvalue weighted by Crippen LogP contribution is -2.30. The molecule has 20 heavy (non-hydrogen) atoms. The highest BCUT2D eigenvalue weighted by Crippen LogP contribution is 2.34. The largest absolute Gasteiger partial charge is 0.394 e. The Kier molecular flexibility index (Phi) is 3.04. The molecule has 1 aliphatic rings. The van der Waals surface area contributed by atoms with Crippen molar-refractivity contribution in [1.82, 2.24) is 14.5 Å². The van der Waals surface area contributed by atoms with Crippen LogP contribution < -0.4 is 5.56 Å². The van der Waals surface area contributed by atoms with Crippen molar-refractivity contribution < 1.29 is 23.7 Å². The van der Waals surface area contributed by atoms with Crippen molar-refractivity contribution in [2.24, 2.45) is 0 Å². The fourth-order valence-electron chi connectivity index (χ4n) is 2.32. The highest BCUT2D eigenvalue weighted by Gasteiger charge is 2.45. The number of rotatable bonds is 2. The molecule has 3 heterocycles. The summed E-state index contributed by atoms with van der Waals surface area (Å²) >= 11 is 0.